The third kappa shape index (κ3) is 3.77. The topological polar surface area (TPSA) is 106 Å². The average Bonchev–Trinajstić information content (AvgIpc) is 3.21. The lowest BCUT2D eigenvalue weighted by atomic mass is 10.2. The molecule has 2 heterocycles. The van der Waals surface area contributed by atoms with Gasteiger partial charge in [0, 0.05) is 29.5 Å². The third-order valence-corrected chi connectivity index (χ3v) is 4.40. The van der Waals surface area contributed by atoms with E-state index in [4.69, 9.17) is 5.11 Å². The molecule has 2 N–H and O–H groups in total. The van der Waals surface area contributed by atoms with E-state index in [1.165, 1.54) is 23.0 Å². The van der Waals surface area contributed by atoms with E-state index in [0.717, 1.165) is 0 Å². The monoisotopic (exact) mass is 388 g/mol. The number of amides is 1. The van der Waals surface area contributed by atoms with Crippen molar-refractivity contribution in [3.63, 3.8) is 0 Å². The van der Waals surface area contributed by atoms with Crippen LogP contribution in [0.25, 0.3) is 16.6 Å². The van der Waals surface area contributed by atoms with E-state index in [-0.39, 0.29) is 23.6 Å². The summed E-state index contributed by atoms with van der Waals surface area (Å²) in [5.41, 5.74) is 1.69. The van der Waals surface area contributed by atoms with Crippen molar-refractivity contribution in [1.29, 1.82) is 0 Å². The number of aromatic carboxylic acids is 1. The molecular formula is C21H16N4O4. The Morgan fingerprint density at radius 2 is 1.83 bits per heavy atom. The molecular weight excluding hydrogens is 372 g/mol. The summed E-state index contributed by atoms with van der Waals surface area (Å²) < 4.78 is 3.14. The van der Waals surface area contributed by atoms with Gasteiger partial charge < -0.3 is 15.0 Å². The standard InChI is InChI=1S/C21H16N4O4/c26-19-9-10-24(18-7-2-1-6-16(18)19)13-20(27)22-14-4-3-5-15(12-14)25-11-8-17(23-25)21(28)29/h1-12H,13H2,(H,22,27)(H,28,29). The Kier molecular flexibility index (Phi) is 4.66. The first-order chi connectivity index (χ1) is 14.0. The minimum atomic E-state index is -1.11. The van der Waals surface area contributed by atoms with Crippen molar-refractivity contribution in [2.45, 2.75) is 6.54 Å². The van der Waals surface area contributed by atoms with Crippen molar-refractivity contribution < 1.29 is 14.7 Å². The Morgan fingerprint density at radius 1 is 1.00 bits per heavy atom. The number of rotatable bonds is 5. The zero-order chi connectivity index (χ0) is 20.4. The summed E-state index contributed by atoms with van der Waals surface area (Å²) in [7, 11) is 0. The molecule has 0 saturated carbocycles. The number of carbonyl (C=O) groups excluding carboxylic acids is 1. The molecule has 1 amide bonds. The van der Waals surface area contributed by atoms with Crippen molar-refractivity contribution in [2.75, 3.05) is 5.32 Å². The minimum Gasteiger partial charge on any atom is -0.476 e. The number of benzene rings is 2. The van der Waals surface area contributed by atoms with Crippen LogP contribution >= 0.6 is 0 Å². The summed E-state index contributed by atoms with van der Waals surface area (Å²) in [6.07, 6.45) is 3.13. The predicted molar refractivity (Wildman–Crippen MR) is 107 cm³/mol. The van der Waals surface area contributed by atoms with Crippen molar-refractivity contribution in [3.05, 3.63) is 89.0 Å². The van der Waals surface area contributed by atoms with Gasteiger partial charge in [0.15, 0.2) is 11.1 Å². The number of nitrogens with one attached hydrogen (secondary N) is 1. The zero-order valence-corrected chi connectivity index (χ0v) is 15.1. The summed E-state index contributed by atoms with van der Waals surface area (Å²) in [5.74, 6) is -1.37. The van der Waals surface area contributed by atoms with Gasteiger partial charge in [-0.2, -0.15) is 5.10 Å². The summed E-state index contributed by atoms with van der Waals surface area (Å²) in [4.78, 5) is 35.5. The number of fused-ring (bicyclic) bond motifs is 1. The molecule has 0 aliphatic heterocycles. The first-order valence-electron chi connectivity index (χ1n) is 8.79. The number of carboxylic acid groups (broad SMARTS) is 1. The smallest absolute Gasteiger partial charge is 0.356 e. The number of nitrogens with zero attached hydrogens (tertiary/aromatic N) is 3. The van der Waals surface area contributed by atoms with Gasteiger partial charge in [-0.15, -0.1) is 0 Å². The highest BCUT2D eigenvalue weighted by Gasteiger charge is 2.10. The van der Waals surface area contributed by atoms with Crippen LogP contribution in [-0.4, -0.2) is 31.3 Å². The van der Waals surface area contributed by atoms with E-state index in [1.54, 1.807) is 53.2 Å². The van der Waals surface area contributed by atoms with Crippen LogP contribution < -0.4 is 10.7 Å². The molecule has 0 bridgehead atoms. The highest BCUT2D eigenvalue weighted by atomic mass is 16.4. The van der Waals surface area contributed by atoms with E-state index in [9.17, 15) is 14.4 Å². The molecule has 0 aliphatic carbocycles. The summed E-state index contributed by atoms with van der Waals surface area (Å²) in [6.45, 7) is 0.0377. The summed E-state index contributed by atoms with van der Waals surface area (Å²) >= 11 is 0. The van der Waals surface area contributed by atoms with Crippen molar-refractivity contribution in [3.8, 4) is 5.69 Å². The van der Waals surface area contributed by atoms with Crippen molar-refractivity contribution in [1.82, 2.24) is 14.3 Å². The molecule has 0 unspecified atom stereocenters. The van der Waals surface area contributed by atoms with E-state index >= 15 is 0 Å². The molecule has 0 radical (unpaired) electrons. The maximum atomic E-state index is 12.5. The van der Waals surface area contributed by atoms with Gasteiger partial charge in [0.25, 0.3) is 0 Å². The van der Waals surface area contributed by atoms with Crippen LogP contribution in [0.1, 0.15) is 10.5 Å². The number of aromatic nitrogens is 3. The first-order valence-corrected chi connectivity index (χ1v) is 8.79. The molecule has 0 spiro atoms. The predicted octanol–water partition coefficient (Wildman–Crippen LogP) is 2.52. The van der Waals surface area contributed by atoms with E-state index in [2.05, 4.69) is 10.4 Å². The molecule has 0 fully saturated rings. The van der Waals surface area contributed by atoms with E-state index in [1.807, 2.05) is 6.07 Å². The van der Waals surface area contributed by atoms with Crippen LogP contribution in [0.15, 0.2) is 77.9 Å². The highest BCUT2D eigenvalue weighted by Crippen LogP contribution is 2.15. The minimum absolute atomic E-state index is 0.0377. The molecule has 2 aromatic carbocycles. The Bertz CT molecular complexity index is 1290. The average molecular weight is 388 g/mol. The van der Waals surface area contributed by atoms with E-state index in [0.29, 0.717) is 22.3 Å². The Labute approximate surface area is 164 Å². The van der Waals surface area contributed by atoms with Gasteiger partial charge in [-0.05, 0) is 36.4 Å². The summed E-state index contributed by atoms with van der Waals surface area (Å²) in [6, 6.07) is 16.9. The lowest BCUT2D eigenvalue weighted by Gasteiger charge is -2.11. The first kappa shape index (κ1) is 18.2. The third-order valence-electron chi connectivity index (χ3n) is 4.40. The van der Waals surface area contributed by atoms with Crippen LogP contribution in [0.4, 0.5) is 5.69 Å². The van der Waals surface area contributed by atoms with Crippen molar-refractivity contribution >= 4 is 28.5 Å². The molecule has 2 aromatic heterocycles. The number of para-hydroxylation sites is 1. The van der Waals surface area contributed by atoms with Crippen LogP contribution in [0.5, 0.6) is 0 Å². The molecule has 0 aliphatic rings. The SMILES string of the molecule is O=C(Cn1ccc(=O)c2ccccc21)Nc1cccc(-n2ccc(C(=O)O)n2)c1. The zero-order valence-electron chi connectivity index (χ0n) is 15.1. The Balaban J connectivity index is 1.54. The number of carbonyl (C=O) groups is 2. The van der Waals surface area contributed by atoms with Crippen LogP contribution in [0.2, 0.25) is 0 Å². The number of carboxylic acids is 1. The quantitative estimate of drug-likeness (QED) is 0.546. The van der Waals surface area contributed by atoms with Gasteiger partial charge in [0.05, 0.1) is 11.2 Å². The van der Waals surface area contributed by atoms with Crippen LogP contribution in [0.3, 0.4) is 0 Å². The maximum Gasteiger partial charge on any atom is 0.356 e. The van der Waals surface area contributed by atoms with E-state index < -0.39 is 5.97 Å². The fourth-order valence-corrected chi connectivity index (χ4v) is 3.06. The summed E-state index contributed by atoms with van der Waals surface area (Å²) in [5, 5.41) is 16.3. The molecule has 29 heavy (non-hydrogen) atoms. The van der Waals surface area contributed by atoms with Gasteiger partial charge in [0.1, 0.15) is 6.54 Å². The van der Waals surface area contributed by atoms with Gasteiger partial charge in [0.2, 0.25) is 5.91 Å². The molecule has 4 rings (SSSR count). The molecule has 8 heteroatoms. The molecule has 4 aromatic rings. The molecule has 144 valence electrons. The number of anilines is 1. The Hall–Kier alpha value is -4.20. The van der Waals surface area contributed by atoms with Gasteiger partial charge in [-0.25, -0.2) is 9.48 Å². The van der Waals surface area contributed by atoms with Crippen molar-refractivity contribution in [2.24, 2.45) is 0 Å². The fourth-order valence-electron chi connectivity index (χ4n) is 3.06. The number of hydrogen-bond acceptors (Lipinski definition) is 4. The lowest BCUT2D eigenvalue weighted by Crippen LogP contribution is -2.20. The fraction of sp³-hybridized carbons (Fsp3) is 0.0476. The maximum absolute atomic E-state index is 12.5. The van der Waals surface area contributed by atoms with Gasteiger partial charge in [-0.1, -0.05) is 18.2 Å². The second kappa shape index (κ2) is 7.43. The normalized spacial score (nSPS) is 10.8. The number of pyridine rings is 1. The lowest BCUT2D eigenvalue weighted by molar-refractivity contribution is -0.116. The Morgan fingerprint density at radius 3 is 2.62 bits per heavy atom. The van der Waals surface area contributed by atoms with Gasteiger partial charge >= 0.3 is 5.97 Å². The van der Waals surface area contributed by atoms with Crippen LogP contribution in [0, 0.1) is 0 Å². The molecule has 0 saturated heterocycles. The second-order valence-electron chi connectivity index (χ2n) is 6.37. The van der Waals surface area contributed by atoms with Gasteiger partial charge in [-0.3, -0.25) is 9.59 Å². The molecule has 8 nitrogen and oxygen atoms in total. The molecule has 0 atom stereocenters. The van der Waals surface area contributed by atoms with Crippen LogP contribution in [-0.2, 0) is 11.3 Å². The second-order valence-corrected chi connectivity index (χ2v) is 6.37. The largest absolute Gasteiger partial charge is 0.476 e. The number of hydrogen-bond donors (Lipinski definition) is 2. The highest BCUT2D eigenvalue weighted by molar-refractivity contribution is 5.92.